The van der Waals surface area contributed by atoms with Crippen molar-refractivity contribution < 1.29 is 4.74 Å². The van der Waals surface area contributed by atoms with Crippen molar-refractivity contribution in [3.63, 3.8) is 0 Å². The average molecular weight is 239 g/mol. The molecule has 0 fully saturated rings. The Morgan fingerprint density at radius 3 is 2.94 bits per heavy atom. The molecule has 1 aliphatic carbocycles. The maximum atomic E-state index is 5.55. The van der Waals surface area contributed by atoms with E-state index in [1.807, 2.05) is 0 Å². The maximum absolute atomic E-state index is 5.55. The molecule has 0 spiro atoms. The minimum absolute atomic E-state index is 0.603. The quantitative estimate of drug-likeness (QED) is 0.515. The molecule has 0 aromatic carbocycles. The van der Waals surface area contributed by atoms with E-state index in [2.05, 4.69) is 24.4 Å². The Hall–Kier alpha value is -0.340. The van der Waals surface area contributed by atoms with Gasteiger partial charge in [-0.15, -0.1) is 0 Å². The van der Waals surface area contributed by atoms with E-state index in [4.69, 9.17) is 4.74 Å². The van der Waals surface area contributed by atoms with Crippen LogP contribution in [0.4, 0.5) is 0 Å². The van der Waals surface area contributed by atoms with E-state index in [1.54, 1.807) is 0 Å². The largest absolute Gasteiger partial charge is 0.381 e. The van der Waals surface area contributed by atoms with Crippen LogP contribution >= 0.6 is 0 Å². The lowest BCUT2D eigenvalue weighted by Gasteiger charge is -2.16. The topological polar surface area (TPSA) is 21.3 Å². The lowest BCUT2D eigenvalue weighted by Crippen LogP contribution is -2.29. The molecule has 0 heterocycles. The Bertz CT molecular complexity index is 191. The molecule has 1 N–H and O–H groups in total. The molecule has 0 aliphatic heterocycles. The molecule has 100 valence electrons. The number of hydrogen-bond donors (Lipinski definition) is 1. The molecule has 1 rings (SSSR count). The molecule has 2 nitrogen and oxygen atoms in total. The fourth-order valence-corrected chi connectivity index (χ4v) is 2.14. The summed E-state index contributed by atoms with van der Waals surface area (Å²) in [6, 6.07) is 0.603. The Labute approximate surface area is 107 Å². The van der Waals surface area contributed by atoms with Gasteiger partial charge < -0.3 is 10.1 Å². The van der Waals surface area contributed by atoms with Crippen LogP contribution in [0.3, 0.4) is 0 Å². The Balaban J connectivity index is 1.95. The van der Waals surface area contributed by atoms with Crippen LogP contribution in [0, 0.1) is 0 Å². The Kier molecular flexibility index (Phi) is 9.34. The van der Waals surface area contributed by atoms with Gasteiger partial charge in [0, 0.05) is 19.3 Å². The number of hydrogen-bond acceptors (Lipinski definition) is 2. The van der Waals surface area contributed by atoms with Crippen LogP contribution < -0.4 is 5.32 Å². The third kappa shape index (κ3) is 8.39. The van der Waals surface area contributed by atoms with Gasteiger partial charge in [-0.3, -0.25) is 0 Å². The van der Waals surface area contributed by atoms with Gasteiger partial charge in [0.1, 0.15) is 0 Å². The number of nitrogens with one attached hydrogen (secondary N) is 1. The summed E-state index contributed by atoms with van der Waals surface area (Å²) < 4.78 is 5.55. The minimum atomic E-state index is 0.603. The summed E-state index contributed by atoms with van der Waals surface area (Å²) in [6.07, 6.45) is 14.9. The second-order valence-electron chi connectivity index (χ2n) is 4.95. The molecule has 0 saturated carbocycles. The van der Waals surface area contributed by atoms with Gasteiger partial charge in [0.25, 0.3) is 0 Å². The van der Waals surface area contributed by atoms with Gasteiger partial charge in [0.15, 0.2) is 0 Å². The predicted molar refractivity (Wildman–Crippen MR) is 74.4 cm³/mol. The monoisotopic (exact) mass is 239 g/mol. The molecular formula is C15H29NO. The third-order valence-corrected chi connectivity index (χ3v) is 3.27. The normalized spacial score (nSPS) is 23.0. The summed E-state index contributed by atoms with van der Waals surface area (Å²) in [7, 11) is 0. The van der Waals surface area contributed by atoms with Crippen molar-refractivity contribution in [2.45, 2.75) is 64.3 Å². The van der Waals surface area contributed by atoms with E-state index in [-0.39, 0.29) is 0 Å². The van der Waals surface area contributed by atoms with Crippen LogP contribution in [0.1, 0.15) is 58.3 Å². The second-order valence-corrected chi connectivity index (χ2v) is 4.95. The van der Waals surface area contributed by atoms with Crippen molar-refractivity contribution in [2.24, 2.45) is 0 Å². The highest BCUT2D eigenvalue weighted by atomic mass is 16.5. The highest BCUT2D eigenvalue weighted by Gasteiger charge is 2.05. The molecular weight excluding hydrogens is 210 g/mol. The van der Waals surface area contributed by atoms with Crippen molar-refractivity contribution in [1.82, 2.24) is 5.32 Å². The number of rotatable bonds is 8. The first-order valence-corrected chi connectivity index (χ1v) is 7.41. The lowest BCUT2D eigenvalue weighted by atomic mass is 10.0. The first-order chi connectivity index (χ1) is 8.43. The number of ether oxygens (including phenoxy) is 1. The molecule has 0 bridgehead atoms. The van der Waals surface area contributed by atoms with Crippen molar-refractivity contribution in [1.29, 1.82) is 0 Å². The molecule has 0 saturated heterocycles. The summed E-state index contributed by atoms with van der Waals surface area (Å²) in [5.41, 5.74) is 0. The minimum Gasteiger partial charge on any atom is -0.381 e. The second kappa shape index (κ2) is 10.8. The first-order valence-electron chi connectivity index (χ1n) is 7.41. The highest BCUT2D eigenvalue weighted by molar-refractivity contribution is 4.94. The van der Waals surface area contributed by atoms with E-state index >= 15 is 0 Å². The molecule has 0 radical (unpaired) electrons. The van der Waals surface area contributed by atoms with Gasteiger partial charge >= 0.3 is 0 Å². The van der Waals surface area contributed by atoms with Gasteiger partial charge in [-0.1, -0.05) is 38.3 Å². The summed E-state index contributed by atoms with van der Waals surface area (Å²) in [5.74, 6) is 0. The van der Waals surface area contributed by atoms with Gasteiger partial charge in [-0.2, -0.15) is 0 Å². The van der Waals surface area contributed by atoms with Crippen molar-refractivity contribution >= 4 is 0 Å². The predicted octanol–water partition coefficient (Wildman–Crippen LogP) is 3.67. The third-order valence-electron chi connectivity index (χ3n) is 3.27. The molecule has 1 aliphatic rings. The standard InChI is InChI=1S/C15H29NO/c1-2-3-13-17-14-9-12-16-15-10-7-5-4-6-8-11-15/h7,10,15-16H,2-6,8-9,11-14H2,1H3/b10-7+. The molecule has 0 amide bonds. The fourth-order valence-electron chi connectivity index (χ4n) is 2.14. The zero-order chi connectivity index (χ0) is 12.2. The Morgan fingerprint density at radius 1 is 1.18 bits per heavy atom. The maximum Gasteiger partial charge on any atom is 0.0478 e. The van der Waals surface area contributed by atoms with Crippen molar-refractivity contribution in [3.05, 3.63) is 12.2 Å². The van der Waals surface area contributed by atoms with Crippen molar-refractivity contribution in [3.8, 4) is 0 Å². The van der Waals surface area contributed by atoms with Gasteiger partial charge in [-0.05, 0) is 38.6 Å². The zero-order valence-electron chi connectivity index (χ0n) is 11.4. The van der Waals surface area contributed by atoms with E-state index < -0.39 is 0 Å². The van der Waals surface area contributed by atoms with Crippen LogP contribution in [0.5, 0.6) is 0 Å². The van der Waals surface area contributed by atoms with Gasteiger partial charge in [0.2, 0.25) is 0 Å². The molecule has 1 atom stereocenters. The first kappa shape index (κ1) is 14.7. The highest BCUT2D eigenvalue weighted by Crippen LogP contribution is 2.11. The van der Waals surface area contributed by atoms with Crippen LogP contribution in [0.25, 0.3) is 0 Å². The summed E-state index contributed by atoms with van der Waals surface area (Å²) in [6.45, 7) is 5.12. The molecule has 1 unspecified atom stereocenters. The number of allylic oxidation sites excluding steroid dienone is 1. The van der Waals surface area contributed by atoms with E-state index in [1.165, 1.54) is 44.9 Å². The number of unbranched alkanes of at least 4 members (excludes halogenated alkanes) is 1. The van der Waals surface area contributed by atoms with E-state index in [0.717, 1.165) is 26.2 Å². The molecule has 0 aromatic rings. The fraction of sp³-hybridized carbons (Fsp3) is 0.867. The average Bonchev–Trinajstić information content (AvgIpc) is 2.30. The van der Waals surface area contributed by atoms with Crippen LogP contribution in [-0.4, -0.2) is 25.8 Å². The SMILES string of the molecule is CCCCOCCCNC1/C=C/CCCCC1. The smallest absolute Gasteiger partial charge is 0.0478 e. The lowest BCUT2D eigenvalue weighted by molar-refractivity contribution is 0.128. The summed E-state index contributed by atoms with van der Waals surface area (Å²) in [5, 5.41) is 3.61. The van der Waals surface area contributed by atoms with Crippen LogP contribution in [0.15, 0.2) is 12.2 Å². The summed E-state index contributed by atoms with van der Waals surface area (Å²) >= 11 is 0. The van der Waals surface area contributed by atoms with Gasteiger partial charge in [-0.25, -0.2) is 0 Å². The van der Waals surface area contributed by atoms with E-state index in [9.17, 15) is 0 Å². The van der Waals surface area contributed by atoms with E-state index in [0.29, 0.717) is 6.04 Å². The summed E-state index contributed by atoms with van der Waals surface area (Å²) in [4.78, 5) is 0. The van der Waals surface area contributed by atoms with Gasteiger partial charge in [0.05, 0.1) is 0 Å². The molecule has 2 heteroatoms. The van der Waals surface area contributed by atoms with Crippen LogP contribution in [-0.2, 0) is 4.74 Å². The zero-order valence-corrected chi connectivity index (χ0v) is 11.4. The molecule has 17 heavy (non-hydrogen) atoms. The Morgan fingerprint density at radius 2 is 2.06 bits per heavy atom. The van der Waals surface area contributed by atoms with Crippen molar-refractivity contribution in [2.75, 3.05) is 19.8 Å². The van der Waals surface area contributed by atoms with Crippen LogP contribution in [0.2, 0.25) is 0 Å². The molecule has 0 aromatic heterocycles.